The van der Waals surface area contributed by atoms with Crippen LogP contribution in [0.1, 0.15) is 32.2 Å². The predicted molar refractivity (Wildman–Crippen MR) is 80.6 cm³/mol. The standard InChI is InChI=1S/C14H24N2O3Si/c1-14(2,3)20(4,5)19-10-12-8-6-7-11(16-12)9-18-13(15)17/h6-8H,9-10H2,1-5H3,(H2,15,17). The van der Waals surface area contributed by atoms with Gasteiger partial charge in [-0.1, -0.05) is 26.8 Å². The second kappa shape index (κ2) is 6.36. The van der Waals surface area contributed by atoms with Gasteiger partial charge in [-0.2, -0.15) is 0 Å². The number of rotatable bonds is 5. The van der Waals surface area contributed by atoms with Gasteiger partial charge in [0.1, 0.15) is 6.61 Å². The van der Waals surface area contributed by atoms with Crippen molar-refractivity contribution >= 4 is 14.4 Å². The molecule has 1 aromatic heterocycles. The van der Waals surface area contributed by atoms with Crippen LogP contribution in [-0.2, 0) is 22.4 Å². The van der Waals surface area contributed by atoms with Crippen molar-refractivity contribution in [2.24, 2.45) is 5.73 Å². The van der Waals surface area contributed by atoms with Crippen LogP contribution in [-0.4, -0.2) is 19.4 Å². The number of nitrogens with two attached hydrogens (primary N) is 1. The van der Waals surface area contributed by atoms with Crippen LogP contribution in [0.5, 0.6) is 0 Å². The maximum Gasteiger partial charge on any atom is 0.404 e. The minimum atomic E-state index is -1.79. The predicted octanol–water partition coefficient (Wildman–Crippen LogP) is 3.20. The SMILES string of the molecule is CC(C)(C)[Si](C)(C)OCc1cccc(COC(N)=O)n1. The smallest absolute Gasteiger partial charge is 0.404 e. The molecule has 112 valence electrons. The van der Waals surface area contributed by atoms with Crippen LogP contribution in [0, 0.1) is 0 Å². The number of primary amides is 1. The summed E-state index contributed by atoms with van der Waals surface area (Å²) in [6, 6.07) is 5.57. The summed E-state index contributed by atoms with van der Waals surface area (Å²) in [4.78, 5) is 15.0. The highest BCUT2D eigenvalue weighted by Gasteiger charge is 2.37. The van der Waals surface area contributed by atoms with Crippen molar-refractivity contribution in [3.05, 3.63) is 29.6 Å². The van der Waals surface area contributed by atoms with Gasteiger partial charge in [-0.3, -0.25) is 4.98 Å². The highest BCUT2D eigenvalue weighted by molar-refractivity contribution is 6.74. The zero-order valence-electron chi connectivity index (χ0n) is 12.9. The van der Waals surface area contributed by atoms with E-state index in [0.717, 1.165) is 5.69 Å². The largest absolute Gasteiger partial charge is 0.443 e. The summed E-state index contributed by atoms with van der Waals surface area (Å²) in [7, 11) is -1.79. The van der Waals surface area contributed by atoms with Gasteiger partial charge in [0.2, 0.25) is 0 Å². The Hall–Kier alpha value is -1.40. The quantitative estimate of drug-likeness (QED) is 0.847. The van der Waals surface area contributed by atoms with E-state index < -0.39 is 14.4 Å². The lowest BCUT2D eigenvalue weighted by Gasteiger charge is -2.36. The number of amides is 1. The lowest BCUT2D eigenvalue weighted by molar-refractivity contribution is 0.148. The summed E-state index contributed by atoms with van der Waals surface area (Å²) in [5.41, 5.74) is 6.43. The van der Waals surface area contributed by atoms with Crippen LogP contribution in [0.4, 0.5) is 4.79 Å². The van der Waals surface area contributed by atoms with E-state index in [1.807, 2.05) is 12.1 Å². The second-order valence-corrected chi connectivity index (χ2v) is 11.1. The van der Waals surface area contributed by atoms with Crippen molar-refractivity contribution in [1.82, 2.24) is 4.98 Å². The van der Waals surface area contributed by atoms with Crippen LogP contribution in [0.25, 0.3) is 0 Å². The molecule has 20 heavy (non-hydrogen) atoms. The molecule has 0 aliphatic rings. The number of carbonyl (C=O) groups excluding carboxylic acids is 1. The summed E-state index contributed by atoms with van der Waals surface area (Å²) in [5.74, 6) is 0. The third-order valence-corrected chi connectivity index (χ3v) is 8.09. The lowest BCUT2D eigenvalue weighted by Crippen LogP contribution is -2.40. The molecular formula is C14H24N2O3Si. The molecule has 0 saturated carbocycles. The summed E-state index contributed by atoms with van der Waals surface area (Å²) in [6.45, 7) is 11.6. The minimum absolute atomic E-state index is 0.0866. The second-order valence-electron chi connectivity index (χ2n) is 6.28. The third-order valence-electron chi connectivity index (χ3n) is 3.61. The van der Waals surface area contributed by atoms with Crippen molar-refractivity contribution in [3.8, 4) is 0 Å². The van der Waals surface area contributed by atoms with Crippen molar-refractivity contribution in [1.29, 1.82) is 0 Å². The Balaban J connectivity index is 2.65. The molecule has 2 N–H and O–H groups in total. The van der Waals surface area contributed by atoms with Gasteiger partial charge in [0.05, 0.1) is 18.0 Å². The normalized spacial score (nSPS) is 12.2. The number of ether oxygens (including phenoxy) is 1. The van der Waals surface area contributed by atoms with Crippen molar-refractivity contribution in [3.63, 3.8) is 0 Å². The van der Waals surface area contributed by atoms with Crippen LogP contribution < -0.4 is 5.73 Å². The van der Waals surface area contributed by atoms with Gasteiger partial charge in [-0.25, -0.2) is 4.79 Å². The number of hydrogen-bond donors (Lipinski definition) is 1. The topological polar surface area (TPSA) is 74.4 Å². The van der Waals surface area contributed by atoms with Crippen molar-refractivity contribution in [2.75, 3.05) is 0 Å². The van der Waals surface area contributed by atoms with Crippen LogP contribution in [0.3, 0.4) is 0 Å². The van der Waals surface area contributed by atoms with E-state index in [-0.39, 0.29) is 11.6 Å². The highest BCUT2D eigenvalue weighted by Crippen LogP contribution is 2.36. The van der Waals surface area contributed by atoms with Crippen LogP contribution >= 0.6 is 0 Å². The number of nitrogens with zero attached hydrogens (tertiary/aromatic N) is 1. The molecule has 1 amide bonds. The molecule has 0 unspecified atom stereocenters. The average Bonchev–Trinajstić information content (AvgIpc) is 2.33. The van der Waals surface area contributed by atoms with E-state index in [0.29, 0.717) is 12.3 Å². The summed E-state index contributed by atoms with van der Waals surface area (Å²) < 4.78 is 10.8. The first-order chi connectivity index (χ1) is 9.12. The molecule has 0 aliphatic heterocycles. The Morgan fingerprint density at radius 1 is 1.25 bits per heavy atom. The van der Waals surface area contributed by atoms with E-state index in [1.165, 1.54) is 0 Å². The fourth-order valence-corrected chi connectivity index (χ4v) is 2.25. The van der Waals surface area contributed by atoms with Crippen LogP contribution in [0.2, 0.25) is 18.1 Å². The molecule has 0 spiro atoms. The van der Waals surface area contributed by atoms with Gasteiger partial charge in [-0.05, 0) is 30.3 Å². The Bertz CT molecular complexity index is 470. The molecular weight excluding hydrogens is 272 g/mol. The first kappa shape index (κ1) is 16.7. The molecule has 0 atom stereocenters. The molecule has 1 aromatic rings. The molecule has 0 saturated heterocycles. The monoisotopic (exact) mass is 296 g/mol. The average molecular weight is 296 g/mol. The van der Waals surface area contributed by atoms with E-state index in [9.17, 15) is 4.79 Å². The van der Waals surface area contributed by atoms with Gasteiger partial charge in [-0.15, -0.1) is 0 Å². The fourth-order valence-electron chi connectivity index (χ4n) is 1.31. The Morgan fingerprint density at radius 3 is 2.30 bits per heavy atom. The van der Waals surface area contributed by atoms with Gasteiger partial charge in [0.25, 0.3) is 0 Å². The van der Waals surface area contributed by atoms with E-state index in [1.54, 1.807) is 6.07 Å². The third kappa shape index (κ3) is 4.94. The minimum Gasteiger partial charge on any atom is -0.443 e. The summed E-state index contributed by atoms with van der Waals surface area (Å²) in [6.07, 6.45) is -0.797. The van der Waals surface area contributed by atoms with Gasteiger partial charge >= 0.3 is 6.09 Å². The first-order valence-corrected chi connectivity index (χ1v) is 9.53. The van der Waals surface area contributed by atoms with Gasteiger partial charge in [0, 0.05) is 0 Å². The van der Waals surface area contributed by atoms with E-state index in [4.69, 9.17) is 14.9 Å². The molecule has 5 nitrogen and oxygen atoms in total. The first-order valence-electron chi connectivity index (χ1n) is 6.63. The molecule has 6 heteroatoms. The van der Waals surface area contributed by atoms with Crippen LogP contribution in [0.15, 0.2) is 18.2 Å². The van der Waals surface area contributed by atoms with Gasteiger partial charge < -0.3 is 14.9 Å². The zero-order chi connectivity index (χ0) is 15.4. The molecule has 0 aliphatic carbocycles. The molecule has 0 fully saturated rings. The molecule has 0 bridgehead atoms. The highest BCUT2D eigenvalue weighted by atomic mass is 28.4. The summed E-state index contributed by atoms with van der Waals surface area (Å²) in [5, 5.41) is 0.166. The number of pyridine rings is 1. The lowest BCUT2D eigenvalue weighted by atomic mass is 10.2. The zero-order valence-corrected chi connectivity index (χ0v) is 13.9. The molecule has 1 heterocycles. The van der Waals surface area contributed by atoms with E-state index in [2.05, 4.69) is 38.8 Å². The van der Waals surface area contributed by atoms with Crippen molar-refractivity contribution < 1.29 is 14.0 Å². The number of hydrogen-bond acceptors (Lipinski definition) is 4. The Labute approximate surface area is 121 Å². The van der Waals surface area contributed by atoms with Crippen molar-refractivity contribution in [2.45, 2.75) is 52.1 Å². The van der Waals surface area contributed by atoms with Gasteiger partial charge in [0.15, 0.2) is 8.32 Å². The Kier molecular flexibility index (Phi) is 5.30. The number of aromatic nitrogens is 1. The van der Waals surface area contributed by atoms with E-state index >= 15 is 0 Å². The maximum absolute atomic E-state index is 10.6. The fraction of sp³-hybridized carbons (Fsp3) is 0.571. The summed E-state index contributed by atoms with van der Waals surface area (Å²) >= 11 is 0. The molecule has 0 aromatic carbocycles. The maximum atomic E-state index is 10.6. The number of carbonyl (C=O) groups is 1. The Morgan fingerprint density at radius 2 is 1.80 bits per heavy atom. The molecule has 1 rings (SSSR count). The molecule has 0 radical (unpaired) electrons.